The number of anilines is 2. The molecule has 0 aromatic heterocycles. The number of hydrogen-bond acceptors (Lipinski definition) is 1. The lowest BCUT2D eigenvalue weighted by atomic mass is 9.68. The smallest absolute Gasteiger partial charge is 0.0461 e. The van der Waals surface area contributed by atoms with Crippen molar-refractivity contribution >= 4 is 11.4 Å². The van der Waals surface area contributed by atoms with Gasteiger partial charge in [-0.25, -0.2) is 0 Å². The summed E-state index contributed by atoms with van der Waals surface area (Å²) in [7, 11) is 0. The van der Waals surface area contributed by atoms with Crippen molar-refractivity contribution in [2.75, 3.05) is 4.90 Å². The third kappa shape index (κ3) is 5.05. The maximum atomic E-state index is 2.38. The van der Waals surface area contributed by atoms with Gasteiger partial charge in [-0.1, -0.05) is 121 Å². The predicted octanol–water partition coefficient (Wildman–Crippen LogP) is 10.3. The molecule has 4 aromatic carbocycles. The summed E-state index contributed by atoms with van der Waals surface area (Å²) in [5, 5.41) is 0. The van der Waals surface area contributed by atoms with Gasteiger partial charge in [-0.05, 0) is 85.2 Å². The van der Waals surface area contributed by atoms with Crippen LogP contribution in [0.25, 0.3) is 11.1 Å². The van der Waals surface area contributed by atoms with Crippen LogP contribution in [0.1, 0.15) is 43.7 Å². The SMILES string of the molecule is CC(C1=CC=CCC1)(c1ccccc1)c1ccc(-c2ccc(N(C3=CCCC=C3)c3ccccc3)cc2)cc1. The zero-order chi connectivity index (χ0) is 26.5. The fourth-order valence-electron chi connectivity index (χ4n) is 5.92. The standard InChI is InChI=1S/C38H35N/c1-38(32-14-6-2-7-15-32,33-16-8-3-9-17-33)34-26-22-30(23-27-34)31-24-28-37(29-25-31)39(35-18-10-4-11-19-35)36-20-12-5-13-21-36/h2-4,6-8,10-12,14-16,18-29H,5,9,13,17H2,1H3. The topological polar surface area (TPSA) is 3.24 Å². The maximum Gasteiger partial charge on any atom is 0.0461 e. The van der Waals surface area contributed by atoms with Crippen LogP contribution in [0.15, 0.2) is 157 Å². The van der Waals surface area contributed by atoms with Gasteiger partial charge in [0.05, 0.1) is 0 Å². The molecule has 0 spiro atoms. The van der Waals surface area contributed by atoms with Crippen molar-refractivity contribution in [2.45, 2.75) is 38.0 Å². The number of para-hydroxylation sites is 1. The summed E-state index contributed by atoms with van der Waals surface area (Å²) in [5.74, 6) is 0. The van der Waals surface area contributed by atoms with Gasteiger partial charge in [0, 0.05) is 22.5 Å². The molecule has 2 aliphatic carbocycles. The first-order valence-electron chi connectivity index (χ1n) is 14.1. The second kappa shape index (κ2) is 11.2. The molecule has 4 aromatic rings. The average Bonchev–Trinajstić information content (AvgIpc) is 3.03. The minimum Gasteiger partial charge on any atom is -0.311 e. The molecular formula is C38H35N. The first-order valence-corrected chi connectivity index (χ1v) is 14.1. The number of hydrogen-bond donors (Lipinski definition) is 0. The molecule has 0 saturated heterocycles. The molecule has 1 atom stereocenters. The van der Waals surface area contributed by atoms with Gasteiger partial charge in [0.1, 0.15) is 0 Å². The Balaban J connectivity index is 1.32. The van der Waals surface area contributed by atoms with E-state index in [1.54, 1.807) is 0 Å². The van der Waals surface area contributed by atoms with Crippen molar-refractivity contribution in [1.29, 1.82) is 0 Å². The van der Waals surface area contributed by atoms with Crippen LogP contribution >= 0.6 is 0 Å². The Bertz CT molecular complexity index is 1520. The molecule has 0 N–H and O–H groups in total. The summed E-state index contributed by atoms with van der Waals surface area (Å²) in [6.07, 6.45) is 18.0. The van der Waals surface area contributed by atoms with Crippen LogP contribution in [0.5, 0.6) is 0 Å². The van der Waals surface area contributed by atoms with E-state index in [1.807, 2.05) is 0 Å². The van der Waals surface area contributed by atoms with Gasteiger partial charge >= 0.3 is 0 Å². The van der Waals surface area contributed by atoms with E-state index in [9.17, 15) is 0 Å². The molecule has 0 amide bonds. The van der Waals surface area contributed by atoms with E-state index < -0.39 is 0 Å². The lowest BCUT2D eigenvalue weighted by Crippen LogP contribution is -2.27. The summed E-state index contributed by atoms with van der Waals surface area (Å²) in [5.41, 5.74) is 10.1. The Hall–Kier alpha value is -4.36. The normalized spacial score (nSPS) is 16.2. The van der Waals surface area contributed by atoms with Crippen LogP contribution < -0.4 is 4.90 Å². The molecule has 0 fully saturated rings. The van der Waals surface area contributed by atoms with Gasteiger partial charge in [-0.3, -0.25) is 0 Å². The highest BCUT2D eigenvalue weighted by Gasteiger charge is 2.33. The first-order chi connectivity index (χ1) is 19.2. The first kappa shape index (κ1) is 24.9. The molecule has 0 heterocycles. The van der Waals surface area contributed by atoms with Crippen molar-refractivity contribution in [3.63, 3.8) is 0 Å². The second-order valence-corrected chi connectivity index (χ2v) is 10.6. The largest absolute Gasteiger partial charge is 0.311 e. The van der Waals surface area contributed by atoms with E-state index in [-0.39, 0.29) is 5.41 Å². The summed E-state index contributed by atoms with van der Waals surface area (Å²) in [4.78, 5) is 2.35. The third-order valence-electron chi connectivity index (χ3n) is 8.18. The molecule has 192 valence electrons. The van der Waals surface area contributed by atoms with Crippen molar-refractivity contribution in [1.82, 2.24) is 0 Å². The summed E-state index contributed by atoms with van der Waals surface area (Å²) >= 11 is 0. The molecular weight excluding hydrogens is 470 g/mol. The number of benzene rings is 4. The van der Waals surface area contributed by atoms with Crippen molar-refractivity contribution < 1.29 is 0 Å². The highest BCUT2D eigenvalue weighted by atomic mass is 15.1. The van der Waals surface area contributed by atoms with Crippen LogP contribution in [0, 0.1) is 0 Å². The lowest BCUT2D eigenvalue weighted by Gasteiger charge is -2.35. The predicted molar refractivity (Wildman–Crippen MR) is 166 cm³/mol. The summed E-state index contributed by atoms with van der Waals surface area (Å²) in [6, 6.07) is 39.8. The molecule has 0 saturated carbocycles. The number of rotatable bonds is 7. The zero-order valence-corrected chi connectivity index (χ0v) is 22.6. The fourth-order valence-corrected chi connectivity index (χ4v) is 5.92. The number of allylic oxidation sites excluding steroid dienone is 7. The Morgan fingerprint density at radius 2 is 1.21 bits per heavy atom. The second-order valence-electron chi connectivity index (χ2n) is 10.6. The van der Waals surface area contributed by atoms with Crippen LogP contribution in [0.4, 0.5) is 11.4 Å². The van der Waals surface area contributed by atoms with Gasteiger partial charge < -0.3 is 4.90 Å². The summed E-state index contributed by atoms with van der Waals surface area (Å²) in [6.45, 7) is 2.38. The molecule has 0 bridgehead atoms. The quantitative estimate of drug-likeness (QED) is 0.241. The van der Waals surface area contributed by atoms with Gasteiger partial charge in [0.25, 0.3) is 0 Å². The Kier molecular flexibility index (Phi) is 7.15. The molecule has 6 rings (SSSR count). The molecule has 0 aliphatic heterocycles. The highest BCUT2D eigenvalue weighted by Crippen LogP contribution is 2.42. The van der Waals surface area contributed by atoms with Gasteiger partial charge in [-0.15, -0.1) is 0 Å². The van der Waals surface area contributed by atoms with E-state index in [2.05, 4.69) is 157 Å². The van der Waals surface area contributed by atoms with E-state index in [4.69, 9.17) is 0 Å². The fraction of sp³-hybridized carbons (Fsp3) is 0.158. The van der Waals surface area contributed by atoms with Crippen LogP contribution in [-0.2, 0) is 5.41 Å². The van der Waals surface area contributed by atoms with Crippen LogP contribution in [0.3, 0.4) is 0 Å². The van der Waals surface area contributed by atoms with Crippen molar-refractivity contribution in [2.24, 2.45) is 0 Å². The molecule has 1 nitrogen and oxygen atoms in total. The molecule has 0 radical (unpaired) electrons. The van der Waals surface area contributed by atoms with Gasteiger partial charge in [0.2, 0.25) is 0 Å². The lowest BCUT2D eigenvalue weighted by molar-refractivity contribution is 0.634. The van der Waals surface area contributed by atoms with Crippen LogP contribution in [-0.4, -0.2) is 0 Å². The minimum absolute atomic E-state index is 0.147. The van der Waals surface area contributed by atoms with E-state index in [1.165, 1.54) is 44.9 Å². The molecule has 1 heteroatoms. The molecule has 1 unspecified atom stereocenters. The Morgan fingerprint density at radius 1 is 0.590 bits per heavy atom. The Morgan fingerprint density at radius 3 is 1.82 bits per heavy atom. The maximum absolute atomic E-state index is 2.38. The molecule has 39 heavy (non-hydrogen) atoms. The van der Waals surface area contributed by atoms with Gasteiger partial charge in [-0.2, -0.15) is 0 Å². The summed E-state index contributed by atoms with van der Waals surface area (Å²) < 4.78 is 0. The van der Waals surface area contributed by atoms with Crippen molar-refractivity contribution in [3.8, 4) is 11.1 Å². The number of nitrogens with zero attached hydrogens (tertiary/aromatic N) is 1. The Labute approximate surface area is 233 Å². The van der Waals surface area contributed by atoms with E-state index in [0.29, 0.717) is 0 Å². The van der Waals surface area contributed by atoms with Crippen LogP contribution in [0.2, 0.25) is 0 Å². The highest BCUT2D eigenvalue weighted by molar-refractivity contribution is 5.74. The minimum atomic E-state index is -0.147. The third-order valence-corrected chi connectivity index (χ3v) is 8.18. The van der Waals surface area contributed by atoms with E-state index in [0.717, 1.165) is 25.7 Å². The zero-order valence-electron chi connectivity index (χ0n) is 22.6. The van der Waals surface area contributed by atoms with Crippen molar-refractivity contribution in [3.05, 3.63) is 168 Å². The van der Waals surface area contributed by atoms with E-state index >= 15 is 0 Å². The van der Waals surface area contributed by atoms with Gasteiger partial charge in [0.15, 0.2) is 0 Å². The monoisotopic (exact) mass is 505 g/mol. The average molecular weight is 506 g/mol. The molecule has 2 aliphatic rings.